The topological polar surface area (TPSA) is 76.7 Å². The highest BCUT2D eigenvalue weighted by Crippen LogP contribution is 2.27. The van der Waals surface area contributed by atoms with Crippen LogP contribution in [0, 0.1) is 6.92 Å². The van der Waals surface area contributed by atoms with Gasteiger partial charge in [-0.05, 0) is 48.9 Å². The van der Waals surface area contributed by atoms with Crippen LogP contribution in [0.15, 0.2) is 40.9 Å². The summed E-state index contributed by atoms with van der Waals surface area (Å²) in [4.78, 5) is 24.2. The molecule has 25 heavy (non-hydrogen) atoms. The van der Waals surface area contributed by atoms with E-state index in [4.69, 9.17) is 9.47 Å². The van der Waals surface area contributed by atoms with Gasteiger partial charge in [0.1, 0.15) is 0 Å². The van der Waals surface area contributed by atoms with Crippen LogP contribution in [0.3, 0.4) is 0 Å². The molecule has 0 bridgehead atoms. The highest BCUT2D eigenvalue weighted by atomic mass is 79.9. The maximum absolute atomic E-state index is 12.2. The second kappa shape index (κ2) is 8.53. The zero-order valence-corrected chi connectivity index (χ0v) is 15.8. The molecule has 7 heteroatoms. The van der Waals surface area contributed by atoms with Crippen LogP contribution in [0.25, 0.3) is 0 Å². The molecule has 0 spiro atoms. The van der Waals surface area contributed by atoms with E-state index in [0.717, 1.165) is 10.0 Å². The van der Waals surface area contributed by atoms with Crippen molar-refractivity contribution in [3.63, 3.8) is 0 Å². The number of benzene rings is 2. The number of carbonyl (C=O) groups excluding carboxylic acids is 2. The lowest BCUT2D eigenvalue weighted by Crippen LogP contribution is -2.32. The van der Waals surface area contributed by atoms with E-state index in [1.165, 1.54) is 14.2 Å². The molecule has 6 nitrogen and oxygen atoms in total. The first-order valence-electron chi connectivity index (χ1n) is 7.51. The lowest BCUT2D eigenvalue weighted by atomic mass is 10.2. The monoisotopic (exact) mass is 406 g/mol. The standard InChI is InChI=1S/C18H19BrN2O4/c1-11-8-13(5-6-14(11)19)21-17(22)10-20-18(23)12-4-7-15(24-2)16(9-12)25-3/h4-9H,10H2,1-3H3,(H,20,23)(H,21,22). The van der Waals surface area contributed by atoms with Crippen LogP contribution < -0.4 is 20.1 Å². The molecule has 0 atom stereocenters. The minimum absolute atomic E-state index is 0.137. The predicted molar refractivity (Wildman–Crippen MR) is 99.4 cm³/mol. The average Bonchev–Trinajstić information content (AvgIpc) is 2.62. The van der Waals surface area contributed by atoms with Crippen molar-refractivity contribution in [2.75, 3.05) is 26.1 Å². The Hall–Kier alpha value is -2.54. The Morgan fingerprint density at radius 2 is 1.76 bits per heavy atom. The fourth-order valence-electron chi connectivity index (χ4n) is 2.17. The summed E-state index contributed by atoms with van der Waals surface area (Å²) < 4.78 is 11.3. The van der Waals surface area contributed by atoms with Gasteiger partial charge >= 0.3 is 0 Å². The minimum Gasteiger partial charge on any atom is -0.493 e. The molecule has 2 aromatic rings. The summed E-state index contributed by atoms with van der Waals surface area (Å²) in [5.74, 6) is 0.297. The van der Waals surface area contributed by atoms with Crippen LogP contribution in [0.5, 0.6) is 11.5 Å². The van der Waals surface area contributed by atoms with Crippen molar-refractivity contribution >= 4 is 33.4 Å². The van der Waals surface area contributed by atoms with Gasteiger partial charge in [0.25, 0.3) is 5.91 Å². The molecule has 0 aliphatic heterocycles. The van der Waals surface area contributed by atoms with E-state index in [0.29, 0.717) is 22.7 Å². The zero-order valence-electron chi connectivity index (χ0n) is 14.2. The van der Waals surface area contributed by atoms with E-state index in [9.17, 15) is 9.59 Å². The largest absolute Gasteiger partial charge is 0.493 e. The molecule has 0 heterocycles. The van der Waals surface area contributed by atoms with Gasteiger partial charge in [-0.25, -0.2) is 0 Å². The van der Waals surface area contributed by atoms with Crippen LogP contribution in [-0.4, -0.2) is 32.6 Å². The third-order valence-corrected chi connectivity index (χ3v) is 4.39. The maximum Gasteiger partial charge on any atom is 0.251 e. The molecule has 0 radical (unpaired) electrons. The number of ether oxygens (including phenoxy) is 2. The highest BCUT2D eigenvalue weighted by molar-refractivity contribution is 9.10. The van der Waals surface area contributed by atoms with E-state index in [-0.39, 0.29) is 18.4 Å². The molecule has 0 aliphatic rings. The predicted octanol–water partition coefficient (Wildman–Crippen LogP) is 3.14. The van der Waals surface area contributed by atoms with Gasteiger partial charge in [-0.2, -0.15) is 0 Å². The van der Waals surface area contributed by atoms with Gasteiger partial charge < -0.3 is 20.1 Å². The molecule has 2 amide bonds. The molecule has 0 saturated carbocycles. The number of amides is 2. The molecule has 0 fully saturated rings. The zero-order chi connectivity index (χ0) is 18.4. The quantitative estimate of drug-likeness (QED) is 0.772. The molecule has 2 aromatic carbocycles. The SMILES string of the molecule is COc1ccc(C(=O)NCC(=O)Nc2ccc(Br)c(C)c2)cc1OC. The molecule has 0 aliphatic carbocycles. The fraction of sp³-hybridized carbons (Fsp3) is 0.222. The second-order valence-electron chi connectivity index (χ2n) is 5.26. The van der Waals surface area contributed by atoms with E-state index < -0.39 is 0 Å². The highest BCUT2D eigenvalue weighted by Gasteiger charge is 2.12. The van der Waals surface area contributed by atoms with Gasteiger partial charge in [-0.3, -0.25) is 9.59 Å². The maximum atomic E-state index is 12.2. The number of aryl methyl sites for hydroxylation is 1. The van der Waals surface area contributed by atoms with Crippen molar-refractivity contribution in [2.45, 2.75) is 6.92 Å². The second-order valence-corrected chi connectivity index (χ2v) is 6.12. The molecule has 0 saturated heterocycles. The summed E-state index contributed by atoms with van der Waals surface area (Å²) in [6.45, 7) is 1.79. The lowest BCUT2D eigenvalue weighted by Gasteiger charge is -2.10. The van der Waals surface area contributed by atoms with Crippen molar-refractivity contribution in [1.29, 1.82) is 0 Å². The van der Waals surface area contributed by atoms with Crippen molar-refractivity contribution in [3.8, 4) is 11.5 Å². The third-order valence-electron chi connectivity index (χ3n) is 3.50. The number of halogens is 1. The van der Waals surface area contributed by atoms with Crippen molar-refractivity contribution in [2.24, 2.45) is 0 Å². The van der Waals surface area contributed by atoms with Crippen molar-refractivity contribution < 1.29 is 19.1 Å². The smallest absolute Gasteiger partial charge is 0.251 e. The third kappa shape index (κ3) is 4.96. The number of anilines is 1. The molecule has 2 N–H and O–H groups in total. The van der Waals surface area contributed by atoms with Crippen LogP contribution in [-0.2, 0) is 4.79 Å². The normalized spacial score (nSPS) is 10.1. The Balaban J connectivity index is 1.94. The lowest BCUT2D eigenvalue weighted by molar-refractivity contribution is -0.115. The summed E-state index contributed by atoms with van der Waals surface area (Å²) >= 11 is 3.40. The van der Waals surface area contributed by atoms with Gasteiger partial charge in [0.05, 0.1) is 20.8 Å². The molecule has 132 valence electrons. The van der Waals surface area contributed by atoms with Crippen LogP contribution >= 0.6 is 15.9 Å². The first-order chi connectivity index (χ1) is 11.9. The Labute approximate surface area is 154 Å². The average molecular weight is 407 g/mol. The molecule has 0 aromatic heterocycles. The molecular formula is C18H19BrN2O4. The number of rotatable bonds is 6. The van der Waals surface area contributed by atoms with Gasteiger partial charge in [0.2, 0.25) is 5.91 Å². The Morgan fingerprint density at radius 3 is 2.40 bits per heavy atom. The van der Waals surface area contributed by atoms with Gasteiger partial charge in [0, 0.05) is 15.7 Å². The van der Waals surface area contributed by atoms with Crippen molar-refractivity contribution in [3.05, 3.63) is 52.0 Å². The van der Waals surface area contributed by atoms with Gasteiger partial charge in [0.15, 0.2) is 11.5 Å². The number of hydrogen-bond donors (Lipinski definition) is 2. The number of nitrogens with one attached hydrogen (secondary N) is 2. The van der Waals surface area contributed by atoms with E-state index in [1.54, 1.807) is 24.3 Å². The first kappa shape index (κ1) is 18.8. The van der Waals surface area contributed by atoms with E-state index in [1.807, 2.05) is 19.1 Å². The van der Waals surface area contributed by atoms with Crippen LogP contribution in [0.4, 0.5) is 5.69 Å². The number of carbonyl (C=O) groups is 2. The summed E-state index contributed by atoms with van der Waals surface area (Å²) in [7, 11) is 3.01. The van der Waals surface area contributed by atoms with E-state index in [2.05, 4.69) is 26.6 Å². The van der Waals surface area contributed by atoms with Gasteiger partial charge in [-0.1, -0.05) is 15.9 Å². The minimum atomic E-state index is -0.372. The number of methoxy groups -OCH3 is 2. The van der Waals surface area contributed by atoms with E-state index >= 15 is 0 Å². The Bertz CT molecular complexity index is 793. The molecule has 2 rings (SSSR count). The van der Waals surface area contributed by atoms with Crippen molar-refractivity contribution in [1.82, 2.24) is 5.32 Å². The summed E-state index contributed by atoms with van der Waals surface area (Å²) in [5.41, 5.74) is 2.06. The Kier molecular flexibility index (Phi) is 6.41. The fourth-order valence-corrected chi connectivity index (χ4v) is 2.41. The van der Waals surface area contributed by atoms with Gasteiger partial charge in [-0.15, -0.1) is 0 Å². The molecular weight excluding hydrogens is 388 g/mol. The summed E-state index contributed by atoms with van der Waals surface area (Å²) in [6, 6.07) is 10.3. The molecule has 0 unspecified atom stereocenters. The van der Waals surface area contributed by atoms with Crippen LogP contribution in [0.1, 0.15) is 15.9 Å². The first-order valence-corrected chi connectivity index (χ1v) is 8.30. The number of hydrogen-bond acceptors (Lipinski definition) is 4. The summed E-state index contributed by atoms with van der Waals surface area (Å²) in [5, 5.41) is 5.32. The Morgan fingerprint density at radius 1 is 1.04 bits per heavy atom. The van der Waals surface area contributed by atoms with Crippen LogP contribution in [0.2, 0.25) is 0 Å². The summed E-state index contributed by atoms with van der Waals surface area (Å²) in [6.07, 6.45) is 0.